The summed E-state index contributed by atoms with van der Waals surface area (Å²) in [5, 5.41) is 18.4. The third kappa shape index (κ3) is 3.16. The van der Waals surface area contributed by atoms with E-state index in [4.69, 9.17) is 0 Å². The number of aromatic amines is 1. The molecule has 0 spiro atoms. The van der Waals surface area contributed by atoms with Crippen LogP contribution in [0.4, 0.5) is 5.69 Å². The largest absolute Gasteiger partial charge is 0.493 e. The van der Waals surface area contributed by atoms with E-state index in [1.54, 1.807) is 12.1 Å². The number of aromatic nitrogens is 1. The number of H-pyrrole nitrogens is 1. The number of benzene rings is 2. The molecule has 3 aromatic rings. The number of carbonyl (C=O) groups excluding carboxylic acids is 1. The normalized spacial score (nSPS) is 11.4. The molecule has 1 amide bonds. The van der Waals surface area contributed by atoms with Crippen LogP contribution in [-0.2, 0) is 0 Å². The van der Waals surface area contributed by atoms with Crippen LogP contribution in [0.15, 0.2) is 51.1 Å². The number of fused-ring (bicyclic) bond motifs is 1. The summed E-state index contributed by atoms with van der Waals surface area (Å²) in [7, 11) is 0. The van der Waals surface area contributed by atoms with Crippen LogP contribution in [0.2, 0.25) is 0 Å². The number of hydrogen-bond acceptors (Lipinski definition) is 3. The highest BCUT2D eigenvalue weighted by Gasteiger charge is 2.14. The number of rotatable bonds is 2. The van der Waals surface area contributed by atoms with Gasteiger partial charge in [0.1, 0.15) is 0 Å². The molecule has 2 aromatic carbocycles. The lowest BCUT2D eigenvalue weighted by Crippen LogP contribution is -1.96. The molecule has 0 unspecified atom stereocenters. The van der Waals surface area contributed by atoms with Crippen LogP contribution in [-0.4, -0.2) is 16.0 Å². The number of halogens is 2. The first kappa shape index (κ1) is 16.1. The smallest absolute Gasteiger partial charge is 0.296 e. The van der Waals surface area contributed by atoms with E-state index in [1.165, 1.54) is 0 Å². The van der Waals surface area contributed by atoms with Gasteiger partial charge in [-0.2, -0.15) is 0 Å². The summed E-state index contributed by atoms with van der Waals surface area (Å²) in [5.74, 6) is -0.561. The molecule has 0 atom stereocenters. The number of carbonyl (C=O) groups is 1. The predicted octanol–water partition coefficient (Wildman–Crippen LogP) is 5.47. The minimum absolute atomic E-state index is 0.114. The molecule has 5 nitrogen and oxygen atoms in total. The van der Waals surface area contributed by atoms with E-state index >= 15 is 0 Å². The minimum Gasteiger partial charge on any atom is -0.493 e. The lowest BCUT2D eigenvalue weighted by molar-refractivity contribution is 0.0994. The molecule has 0 aliphatic rings. The van der Waals surface area contributed by atoms with Crippen LogP contribution in [0, 0.1) is 10.5 Å². The Morgan fingerprint density at radius 3 is 2.78 bits per heavy atom. The second-order valence-electron chi connectivity index (χ2n) is 4.95. The maximum Gasteiger partial charge on any atom is 0.296 e. The highest BCUT2D eigenvalue weighted by atomic mass is 127. The summed E-state index contributed by atoms with van der Waals surface area (Å²) in [5.41, 5.74) is 2.46. The molecule has 7 heteroatoms. The van der Waals surface area contributed by atoms with Crippen molar-refractivity contribution in [3.05, 3.63) is 55.6 Å². The third-order valence-electron chi connectivity index (χ3n) is 3.38. The fourth-order valence-electron chi connectivity index (χ4n) is 2.18. The molecule has 116 valence electrons. The van der Waals surface area contributed by atoms with Crippen molar-refractivity contribution in [3.63, 3.8) is 0 Å². The number of amides is 1. The predicted molar refractivity (Wildman–Crippen MR) is 100 cm³/mol. The first-order valence-corrected chi connectivity index (χ1v) is 8.56. The van der Waals surface area contributed by atoms with Crippen molar-refractivity contribution < 1.29 is 9.90 Å². The Morgan fingerprint density at radius 1 is 1.30 bits per heavy atom. The molecule has 0 aliphatic heterocycles. The first-order chi connectivity index (χ1) is 11.0. The molecular formula is C16H11BrIN3O2. The Morgan fingerprint density at radius 2 is 2.04 bits per heavy atom. The van der Waals surface area contributed by atoms with Crippen molar-refractivity contribution in [2.24, 2.45) is 10.2 Å². The van der Waals surface area contributed by atoms with Crippen LogP contribution in [0.3, 0.4) is 0 Å². The monoisotopic (exact) mass is 483 g/mol. The van der Waals surface area contributed by atoms with Gasteiger partial charge in [-0.15, -0.1) is 10.2 Å². The molecule has 0 saturated carbocycles. The van der Waals surface area contributed by atoms with Gasteiger partial charge in [-0.25, -0.2) is 0 Å². The van der Waals surface area contributed by atoms with E-state index in [-0.39, 0.29) is 11.6 Å². The van der Waals surface area contributed by atoms with Gasteiger partial charge in [-0.3, -0.25) is 4.79 Å². The molecule has 0 fully saturated rings. The summed E-state index contributed by atoms with van der Waals surface area (Å²) < 4.78 is 1.72. The molecule has 1 heterocycles. The molecule has 0 aliphatic carbocycles. The maximum absolute atomic E-state index is 12.2. The van der Waals surface area contributed by atoms with Crippen molar-refractivity contribution in [1.82, 2.24) is 4.98 Å². The van der Waals surface area contributed by atoms with Gasteiger partial charge in [0.2, 0.25) is 5.88 Å². The van der Waals surface area contributed by atoms with E-state index < -0.39 is 5.91 Å². The first-order valence-electron chi connectivity index (χ1n) is 6.68. The summed E-state index contributed by atoms with van der Waals surface area (Å²) >= 11 is 5.51. The zero-order valence-electron chi connectivity index (χ0n) is 12.0. The Kier molecular flexibility index (Phi) is 4.49. The summed E-state index contributed by atoms with van der Waals surface area (Å²) in [6.45, 7) is 1.94. The molecule has 0 saturated heterocycles. The Hall–Kier alpha value is -1.74. The summed E-state index contributed by atoms with van der Waals surface area (Å²) in [6, 6.07) is 10.9. The Balaban J connectivity index is 2.01. The number of azo groups is 1. The number of nitrogens with one attached hydrogen (secondary N) is 1. The van der Waals surface area contributed by atoms with Crippen molar-refractivity contribution in [2.45, 2.75) is 6.92 Å². The van der Waals surface area contributed by atoms with Crippen LogP contribution < -0.4 is 0 Å². The van der Waals surface area contributed by atoms with Gasteiger partial charge >= 0.3 is 0 Å². The summed E-state index contributed by atoms with van der Waals surface area (Å²) in [4.78, 5) is 15.0. The highest BCUT2D eigenvalue weighted by Crippen LogP contribution is 2.37. The maximum atomic E-state index is 12.2. The van der Waals surface area contributed by atoms with Crippen LogP contribution >= 0.6 is 38.5 Å². The van der Waals surface area contributed by atoms with Crippen LogP contribution in [0.1, 0.15) is 15.9 Å². The van der Waals surface area contributed by atoms with Gasteiger partial charge < -0.3 is 10.1 Å². The fraction of sp³-hybridized carbons (Fsp3) is 0.0625. The molecule has 23 heavy (non-hydrogen) atoms. The van der Waals surface area contributed by atoms with Gasteiger partial charge in [0.05, 0.1) is 11.1 Å². The topological polar surface area (TPSA) is 77.8 Å². The number of nitrogens with zero attached hydrogens (tertiary/aromatic N) is 2. The molecule has 0 radical (unpaired) electrons. The molecule has 1 aromatic heterocycles. The van der Waals surface area contributed by atoms with Gasteiger partial charge in [0, 0.05) is 13.4 Å². The van der Waals surface area contributed by atoms with Gasteiger partial charge in [-0.05, 0) is 59.3 Å². The van der Waals surface area contributed by atoms with Gasteiger partial charge in [0.25, 0.3) is 5.91 Å². The van der Waals surface area contributed by atoms with E-state index in [1.807, 2.05) is 31.2 Å². The number of aryl methyl sites for hydroxylation is 1. The van der Waals surface area contributed by atoms with Crippen molar-refractivity contribution in [3.8, 4) is 5.88 Å². The van der Waals surface area contributed by atoms with Gasteiger partial charge in [0.15, 0.2) is 5.69 Å². The lowest BCUT2D eigenvalue weighted by Gasteiger charge is -1.99. The molecule has 2 N–H and O–H groups in total. The molecular weight excluding hydrogens is 473 g/mol. The molecule has 0 bridgehead atoms. The van der Waals surface area contributed by atoms with Gasteiger partial charge in [-0.1, -0.05) is 28.1 Å². The van der Waals surface area contributed by atoms with E-state index in [9.17, 15) is 9.90 Å². The quantitative estimate of drug-likeness (QED) is 0.374. The number of aromatic hydroxyl groups is 1. The second-order valence-corrected chi connectivity index (χ2v) is 6.97. The Bertz CT molecular complexity index is 950. The fourth-order valence-corrected chi connectivity index (χ4v) is 3.14. The van der Waals surface area contributed by atoms with Crippen molar-refractivity contribution in [2.75, 3.05) is 0 Å². The Labute approximate surface area is 154 Å². The zero-order valence-corrected chi connectivity index (χ0v) is 15.7. The standard InChI is InChI=1S/C16H11BrIN3O2/c1-8-6-10-13(7-11(8)17)19-16(23)14(10)20-21-15(22)9-4-2-3-5-12(9)18/h2-7,19,23H,1H3. The van der Waals surface area contributed by atoms with Crippen LogP contribution in [0.25, 0.3) is 10.9 Å². The van der Waals surface area contributed by atoms with Crippen LogP contribution in [0.5, 0.6) is 5.88 Å². The average Bonchev–Trinajstić information content (AvgIpc) is 2.80. The second kappa shape index (κ2) is 6.40. The summed E-state index contributed by atoms with van der Waals surface area (Å²) in [6.07, 6.45) is 0. The van der Waals surface area contributed by atoms with Crippen molar-refractivity contribution in [1.29, 1.82) is 0 Å². The third-order valence-corrected chi connectivity index (χ3v) is 5.17. The van der Waals surface area contributed by atoms with E-state index in [0.29, 0.717) is 10.9 Å². The number of hydrogen-bond donors (Lipinski definition) is 2. The van der Waals surface area contributed by atoms with E-state index in [2.05, 4.69) is 53.7 Å². The van der Waals surface area contributed by atoms with Crippen molar-refractivity contribution >= 4 is 61.0 Å². The minimum atomic E-state index is -0.447. The average molecular weight is 484 g/mol. The van der Waals surface area contributed by atoms with E-state index in [0.717, 1.165) is 19.1 Å². The lowest BCUT2D eigenvalue weighted by atomic mass is 10.1. The SMILES string of the molecule is Cc1cc2c(N=NC(=O)c3ccccc3I)c(O)[nH]c2cc1Br. The highest BCUT2D eigenvalue weighted by molar-refractivity contribution is 14.1. The molecule has 3 rings (SSSR count). The zero-order chi connectivity index (χ0) is 16.6.